The molecule has 0 amide bonds. The Kier molecular flexibility index (Phi) is 3.83. The average molecular weight is 393 g/mol. The first-order valence-electron chi connectivity index (χ1n) is 9.08. The number of alkyl halides is 3. The Morgan fingerprint density at radius 3 is 2.82 bits per heavy atom. The van der Waals surface area contributed by atoms with Gasteiger partial charge in [0.1, 0.15) is 17.7 Å². The van der Waals surface area contributed by atoms with E-state index in [-0.39, 0.29) is 18.2 Å². The van der Waals surface area contributed by atoms with Crippen LogP contribution in [0.2, 0.25) is 0 Å². The normalized spacial score (nSPS) is 20.1. The number of hydrogen-bond acceptors (Lipinski definition) is 6. The summed E-state index contributed by atoms with van der Waals surface area (Å²) in [5.41, 5.74) is 1.05. The highest BCUT2D eigenvalue weighted by atomic mass is 19.4. The fourth-order valence-corrected chi connectivity index (χ4v) is 4.02. The summed E-state index contributed by atoms with van der Waals surface area (Å²) in [6.45, 7) is 4.04. The van der Waals surface area contributed by atoms with E-state index < -0.39 is 11.7 Å². The molecule has 2 aliphatic rings. The number of aromatic nitrogens is 6. The molecule has 5 rings (SSSR count). The van der Waals surface area contributed by atoms with E-state index in [0.717, 1.165) is 29.7 Å². The molecule has 0 aliphatic carbocycles. The third-order valence-corrected chi connectivity index (χ3v) is 5.39. The number of aryl methyl sites for hydroxylation is 1. The van der Waals surface area contributed by atoms with Gasteiger partial charge in [0.15, 0.2) is 5.82 Å². The molecular weight excluding hydrogens is 375 g/mol. The van der Waals surface area contributed by atoms with Gasteiger partial charge in [-0.3, -0.25) is 4.68 Å². The maximum Gasteiger partial charge on any atom is 0.419 e. The SMILES string of the molecule is Cc1nc(C2CCOC2)c2c(N3CCn4ncc(C(F)(F)F)c4C3)ncnn12. The van der Waals surface area contributed by atoms with Gasteiger partial charge in [0.05, 0.1) is 42.8 Å². The van der Waals surface area contributed by atoms with Gasteiger partial charge in [-0.05, 0) is 13.3 Å². The molecule has 28 heavy (non-hydrogen) atoms. The number of anilines is 1. The van der Waals surface area contributed by atoms with Crippen molar-refractivity contribution in [3.8, 4) is 0 Å². The minimum Gasteiger partial charge on any atom is -0.381 e. The standard InChI is InChI=1S/C17H18F3N7O/c1-10-24-14(11-2-5-28-8-11)15-16(21-9-23-27(10)15)25-3-4-26-13(7-25)12(6-22-26)17(18,19)20/h6,9,11H,2-5,7-8H2,1H3. The maximum absolute atomic E-state index is 13.3. The molecular formula is C17H18F3N7O. The fourth-order valence-electron chi connectivity index (χ4n) is 4.02. The Bertz CT molecular complexity index is 1040. The summed E-state index contributed by atoms with van der Waals surface area (Å²) >= 11 is 0. The minimum atomic E-state index is -4.43. The van der Waals surface area contributed by atoms with Crippen LogP contribution >= 0.6 is 0 Å². The van der Waals surface area contributed by atoms with E-state index in [4.69, 9.17) is 4.74 Å². The molecule has 5 heterocycles. The van der Waals surface area contributed by atoms with Crippen molar-refractivity contribution in [2.24, 2.45) is 0 Å². The van der Waals surface area contributed by atoms with Crippen LogP contribution in [-0.2, 0) is 24.0 Å². The largest absolute Gasteiger partial charge is 0.419 e. The average Bonchev–Trinajstić information content (AvgIpc) is 3.39. The molecule has 2 aliphatic heterocycles. The van der Waals surface area contributed by atoms with Crippen LogP contribution in [0, 0.1) is 6.92 Å². The van der Waals surface area contributed by atoms with Crippen LogP contribution in [0.4, 0.5) is 19.0 Å². The van der Waals surface area contributed by atoms with Crippen molar-refractivity contribution in [2.75, 3.05) is 24.7 Å². The minimum absolute atomic E-state index is 0.0757. The summed E-state index contributed by atoms with van der Waals surface area (Å²) in [6.07, 6.45) is -1.26. The second-order valence-corrected chi connectivity index (χ2v) is 7.10. The number of ether oxygens (including phenoxy) is 1. The van der Waals surface area contributed by atoms with E-state index >= 15 is 0 Å². The second-order valence-electron chi connectivity index (χ2n) is 7.10. The Labute approximate surface area is 157 Å². The molecule has 3 aromatic heterocycles. The van der Waals surface area contributed by atoms with E-state index in [1.54, 1.807) is 4.52 Å². The monoisotopic (exact) mass is 393 g/mol. The number of rotatable bonds is 2. The van der Waals surface area contributed by atoms with Crippen LogP contribution in [-0.4, -0.2) is 49.1 Å². The van der Waals surface area contributed by atoms with Gasteiger partial charge in [-0.2, -0.15) is 23.4 Å². The Morgan fingerprint density at radius 2 is 2.07 bits per heavy atom. The third-order valence-electron chi connectivity index (χ3n) is 5.39. The van der Waals surface area contributed by atoms with Crippen LogP contribution in [0.1, 0.15) is 35.1 Å². The third kappa shape index (κ3) is 2.64. The lowest BCUT2D eigenvalue weighted by molar-refractivity contribution is -0.138. The Hall–Kier alpha value is -2.69. The lowest BCUT2D eigenvalue weighted by Gasteiger charge is -2.30. The van der Waals surface area contributed by atoms with Crippen LogP contribution in [0.15, 0.2) is 12.5 Å². The highest BCUT2D eigenvalue weighted by Crippen LogP contribution is 2.36. The van der Waals surface area contributed by atoms with Gasteiger partial charge in [0.25, 0.3) is 0 Å². The lowest BCUT2D eigenvalue weighted by atomic mass is 10.0. The predicted octanol–water partition coefficient (Wildman–Crippen LogP) is 2.17. The molecule has 0 aromatic carbocycles. The first-order chi connectivity index (χ1) is 13.4. The van der Waals surface area contributed by atoms with Gasteiger partial charge in [0.2, 0.25) is 0 Å². The highest BCUT2D eigenvalue weighted by Gasteiger charge is 2.38. The van der Waals surface area contributed by atoms with Gasteiger partial charge in [-0.1, -0.05) is 0 Å². The van der Waals surface area contributed by atoms with Gasteiger partial charge in [-0.25, -0.2) is 14.5 Å². The summed E-state index contributed by atoms with van der Waals surface area (Å²) in [5, 5.41) is 8.20. The number of imidazole rings is 1. The molecule has 8 nitrogen and oxygen atoms in total. The molecule has 1 atom stereocenters. The van der Waals surface area contributed by atoms with Crippen LogP contribution in [0.25, 0.3) is 5.52 Å². The van der Waals surface area contributed by atoms with E-state index in [1.165, 1.54) is 11.0 Å². The van der Waals surface area contributed by atoms with E-state index in [0.29, 0.717) is 32.1 Å². The summed E-state index contributed by atoms with van der Waals surface area (Å²) in [5.74, 6) is 1.45. The Balaban J connectivity index is 1.60. The van der Waals surface area contributed by atoms with Crippen LogP contribution < -0.4 is 4.90 Å². The van der Waals surface area contributed by atoms with Crippen molar-refractivity contribution in [1.29, 1.82) is 0 Å². The number of fused-ring (bicyclic) bond motifs is 2. The number of nitrogens with zero attached hydrogens (tertiary/aromatic N) is 7. The smallest absolute Gasteiger partial charge is 0.381 e. The quantitative estimate of drug-likeness (QED) is 0.665. The van der Waals surface area contributed by atoms with Crippen molar-refractivity contribution >= 4 is 11.3 Å². The zero-order chi connectivity index (χ0) is 19.5. The Morgan fingerprint density at radius 1 is 1.21 bits per heavy atom. The molecule has 11 heteroatoms. The maximum atomic E-state index is 13.3. The molecule has 0 saturated carbocycles. The van der Waals surface area contributed by atoms with E-state index in [1.807, 2.05) is 11.8 Å². The molecule has 3 aromatic rings. The molecule has 1 unspecified atom stereocenters. The van der Waals surface area contributed by atoms with Crippen LogP contribution in [0.3, 0.4) is 0 Å². The summed E-state index contributed by atoms with van der Waals surface area (Å²) in [6, 6.07) is 0. The lowest BCUT2D eigenvalue weighted by Crippen LogP contribution is -2.36. The van der Waals surface area contributed by atoms with Gasteiger partial charge in [0, 0.05) is 19.1 Å². The molecule has 0 bridgehead atoms. The topological polar surface area (TPSA) is 73.4 Å². The van der Waals surface area contributed by atoms with Crippen molar-refractivity contribution in [3.63, 3.8) is 0 Å². The van der Waals surface area contributed by atoms with Crippen LogP contribution in [0.5, 0.6) is 0 Å². The molecule has 0 spiro atoms. The number of halogens is 3. The van der Waals surface area contributed by atoms with Crippen molar-refractivity contribution in [1.82, 2.24) is 29.4 Å². The fraction of sp³-hybridized carbons (Fsp3) is 0.529. The summed E-state index contributed by atoms with van der Waals surface area (Å²) in [7, 11) is 0. The van der Waals surface area contributed by atoms with Gasteiger partial charge >= 0.3 is 6.18 Å². The second kappa shape index (κ2) is 6.16. The van der Waals surface area contributed by atoms with Gasteiger partial charge < -0.3 is 9.64 Å². The zero-order valence-corrected chi connectivity index (χ0v) is 15.1. The first kappa shape index (κ1) is 17.4. The predicted molar refractivity (Wildman–Crippen MR) is 92.0 cm³/mol. The first-order valence-corrected chi connectivity index (χ1v) is 9.08. The van der Waals surface area contributed by atoms with Crippen molar-refractivity contribution < 1.29 is 17.9 Å². The van der Waals surface area contributed by atoms with Crippen molar-refractivity contribution in [2.45, 2.75) is 38.5 Å². The zero-order valence-electron chi connectivity index (χ0n) is 15.1. The van der Waals surface area contributed by atoms with E-state index in [9.17, 15) is 13.2 Å². The molecule has 0 radical (unpaired) electrons. The summed E-state index contributed by atoms with van der Waals surface area (Å²) < 4.78 is 48.7. The highest BCUT2D eigenvalue weighted by molar-refractivity contribution is 5.73. The van der Waals surface area contributed by atoms with Crippen molar-refractivity contribution in [3.05, 3.63) is 35.3 Å². The molecule has 1 saturated heterocycles. The van der Waals surface area contributed by atoms with E-state index in [2.05, 4.69) is 20.2 Å². The summed E-state index contributed by atoms with van der Waals surface area (Å²) in [4.78, 5) is 11.0. The molecule has 0 N–H and O–H groups in total. The van der Waals surface area contributed by atoms with Gasteiger partial charge in [-0.15, -0.1) is 0 Å². The number of hydrogen-bond donors (Lipinski definition) is 0. The molecule has 148 valence electrons. The molecule has 1 fully saturated rings.